The average Bonchev–Trinajstić information content (AvgIpc) is 3.32. The number of carbonyl (C=O) groups is 1. The molecule has 0 N–H and O–H groups in total. The van der Waals surface area contributed by atoms with Gasteiger partial charge in [-0.05, 0) is 54.9 Å². The number of amides is 1. The highest BCUT2D eigenvalue weighted by Gasteiger charge is 2.44. The van der Waals surface area contributed by atoms with Gasteiger partial charge in [0.05, 0.1) is 12.8 Å². The number of fused-ring (bicyclic) bond motifs is 2. The number of rotatable bonds is 5. The largest absolute Gasteiger partial charge is 0.467 e. The molecule has 2 aromatic heterocycles. The van der Waals surface area contributed by atoms with Crippen molar-refractivity contribution in [3.8, 4) is 0 Å². The van der Waals surface area contributed by atoms with Crippen LogP contribution in [0.15, 0.2) is 47.3 Å². The lowest BCUT2D eigenvalue weighted by molar-refractivity contribution is -0.138. The number of pyridine rings is 1. The summed E-state index contributed by atoms with van der Waals surface area (Å²) >= 11 is 0. The minimum absolute atomic E-state index is 0.209. The second-order valence-electron chi connectivity index (χ2n) is 6.92. The van der Waals surface area contributed by atoms with E-state index in [1.54, 1.807) is 12.5 Å². The van der Waals surface area contributed by atoms with Gasteiger partial charge in [0.1, 0.15) is 5.76 Å². The van der Waals surface area contributed by atoms with E-state index in [0.717, 1.165) is 23.7 Å². The van der Waals surface area contributed by atoms with E-state index < -0.39 is 0 Å². The lowest BCUT2D eigenvalue weighted by atomic mass is 9.87. The Hall–Kier alpha value is -2.10. The first kappa shape index (κ1) is 14.5. The SMILES string of the molecule is O=C([C@H]1C[C@H]2CC[C@@H]1C2)N(Cc1cccnc1)Cc1ccco1. The molecule has 0 saturated heterocycles. The molecule has 2 aliphatic carbocycles. The van der Waals surface area contributed by atoms with Gasteiger partial charge in [-0.15, -0.1) is 0 Å². The summed E-state index contributed by atoms with van der Waals surface area (Å²) < 4.78 is 5.47. The van der Waals surface area contributed by atoms with Crippen molar-refractivity contribution in [2.75, 3.05) is 0 Å². The second-order valence-corrected chi connectivity index (χ2v) is 6.92. The van der Waals surface area contributed by atoms with Crippen LogP contribution in [0.25, 0.3) is 0 Å². The van der Waals surface area contributed by atoms with Crippen molar-refractivity contribution in [1.29, 1.82) is 0 Å². The molecule has 4 rings (SSSR count). The smallest absolute Gasteiger partial charge is 0.226 e. The number of aromatic nitrogens is 1. The Morgan fingerprint density at radius 1 is 1.22 bits per heavy atom. The topological polar surface area (TPSA) is 46.3 Å². The summed E-state index contributed by atoms with van der Waals surface area (Å²) in [6, 6.07) is 7.75. The minimum atomic E-state index is 0.209. The molecule has 0 spiro atoms. The van der Waals surface area contributed by atoms with E-state index >= 15 is 0 Å². The van der Waals surface area contributed by atoms with Crippen molar-refractivity contribution in [3.05, 3.63) is 54.2 Å². The zero-order valence-corrected chi connectivity index (χ0v) is 13.2. The van der Waals surface area contributed by atoms with Gasteiger partial charge >= 0.3 is 0 Å². The van der Waals surface area contributed by atoms with Crippen LogP contribution in [0.3, 0.4) is 0 Å². The van der Waals surface area contributed by atoms with Crippen molar-refractivity contribution >= 4 is 5.91 Å². The van der Waals surface area contributed by atoms with E-state index in [0.29, 0.717) is 19.0 Å². The molecule has 2 aromatic rings. The van der Waals surface area contributed by atoms with E-state index in [2.05, 4.69) is 4.98 Å². The molecule has 120 valence electrons. The highest BCUT2D eigenvalue weighted by atomic mass is 16.3. The molecule has 0 aromatic carbocycles. The maximum Gasteiger partial charge on any atom is 0.226 e. The third-order valence-corrected chi connectivity index (χ3v) is 5.39. The quantitative estimate of drug-likeness (QED) is 0.847. The van der Waals surface area contributed by atoms with E-state index in [-0.39, 0.29) is 11.8 Å². The third kappa shape index (κ3) is 3.03. The Bertz CT molecular complexity index is 653. The van der Waals surface area contributed by atoms with Crippen LogP contribution in [0.4, 0.5) is 0 Å². The molecule has 0 aliphatic heterocycles. The van der Waals surface area contributed by atoms with Crippen molar-refractivity contribution in [1.82, 2.24) is 9.88 Å². The average molecular weight is 310 g/mol. The first-order valence-electron chi connectivity index (χ1n) is 8.49. The maximum absolute atomic E-state index is 13.1. The van der Waals surface area contributed by atoms with Crippen molar-refractivity contribution in [2.24, 2.45) is 17.8 Å². The molecule has 4 nitrogen and oxygen atoms in total. The Kier molecular flexibility index (Phi) is 3.90. The minimum Gasteiger partial charge on any atom is -0.467 e. The molecule has 1 amide bonds. The van der Waals surface area contributed by atoms with Crippen LogP contribution < -0.4 is 0 Å². The van der Waals surface area contributed by atoms with Gasteiger partial charge in [0, 0.05) is 24.9 Å². The molecular weight excluding hydrogens is 288 g/mol. The number of furan rings is 1. The molecule has 2 fully saturated rings. The predicted octanol–water partition coefficient (Wildman–Crippen LogP) is 3.64. The fraction of sp³-hybridized carbons (Fsp3) is 0.474. The fourth-order valence-electron chi connectivity index (χ4n) is 4.30. The number of hydrogen-bond acceptors (Lipinski definition) is 3. The Morgan fingerprint density at radius 2 is 2.17 bits per heavy atom. The molecule has 2 heterocycles. The van der Waals surface area contributed by atoms with E-state index in [4.69, 9.17) is 4.42 Å². The lowest BCUT2D eigenvalue weighted by Crippen LogP contribution is -2.37. The summed E-state index contributed by atoms with van der Waals surface area (Å²) in [5.74, 6) is 2.71. The van der Waals surface area contributed by atoms with Crippen LogP contribution in [0.2, 0.25) is 0 Å². The highest BCUT2D eigenvalue weighted by Crippen LogP contribution is 2.49. The summed E-state index contributed by atoms with van der Waals surface area (Å²) in [4.78, 5) is 19.2. The van der Waals surface area contributed by atoms with Gasteiger partial charge in [0.2, 0.25) is 5.91 Å². The molecule has 2 saturated carbocycles. The zero-order valence-electron chi connectivity index (χ0n) is 13.2. The zero-order chi connectivity index (χ0) is 15.6. The normalized spacial score (nSPS) is 25.7. The van der Waals surface area contributed by atoms with Crippen molar-refractivity contribution in [2.45, 2.75) is 38.8 Å². The molecule has 23 heavy (non-hydrogen) atoms. The molecule has 0 unspecified atom stereocenters. The number of carbonyl (C=O) groups excluding carboxylic acids is 1. The van der Waals surface area contributed by atoms with Crippen LogP contribution in [0.1, 0.15) is 37.0 Å². The number of nitrogens with zero attached hydrogens (tertiary/aromatic N) is 2. The molecule has 3 atom stereocenters. The standard InChI is InChI=1S/C19H22N2O2/c22-19(18-10-14-5-6-16(18)9-14)21(13-17-4-2-8-23-17)12-15-3-1-7-20-11-15/h1-4,7-8,11,14,16,18H,5-6,9-10,12-13H2/t14-,16+,18-/m0/s1. The van der Waals surface area contributed by atoms with Gasteiger partial charge < -0.3 is 9.32 Å². The molecule has 4 heteroatoms. The summed E-state index contributed by atoms with van der Waals surface area (Å²) in [6.45, 7) is 1.13. The van der Waals surface area contributed by atoms with Crippen LogP contribution in [0.5, 0.6) is 0 Å². The van der Waals surface area contributed by atoms with Gasteiger partial charge in [-0.2, -0.15) is 0 Å². The molecular formula is C19H22N2O2. The Balaban J connectivity index is 1.53. The van der Waals surface area contributed by atoms with Crippen molar-refractivity contribution < 1.29 is 9.21 Å². The lowest BCUT2D eigenvalue weighted by Gasteiger charge is -2.29. The maximum atomic E-state index is 13.1. The van der Waals surface area contributed by atoms with Gasteiger partial charge in [0.15, 0.2) is 0 Å². The van der Waals surface area contributed by atoms with Crippen LogP contribution in [-0.4, -0.2) is 15.8 Å². The third-order valence-electron chi connectivity index (χ3n) is 5.39. The Morgan fingerprint density at radius 3 is 2.83 bits per heavy atom. The highest BCUT2D eigenvalue weighted by molar-refractivity contribution is 5.79. The van der Waals surface area contributed by atoms with E-state index in [9.17, 15) is 4.79 Å². The van der Waals surface area contributed by atoms with Gasteiger partial charge in [-0.3, -0.25) is 9.78 Å². The van der Waals surface area contributed by atoms with Crippen molar-refractivity contribution in [3.63, 3.8) is 0 Å². The first-order valence-corrected chi connectivity index (χ1v) is 8.49. The summed E-state index contributed by atoms with van der Waals surface area (Å²) in [7, 11) is 0. The number of hydrogen-bond donors (Lipinski definition) is 0. The summed E-state index contributed by atoms with van der Waals surface area (Å²) in [6.07, 6.45) is 10.1. The van der Waals surface area contributed by atoms with Crippen LogP contribution >= 0.6 is 0 Å². The second kappa shape index (κ2) is 6.19. The predicted molar refractivity (Wildman–Crippen MR) is 86.1 cm³/mol. The van der Waals surface area contributed by atoms with Gasteiger partial charge in [-0.25, -0.2) is 0 Å². The Labute approximate surface area is 136 Å². The van der Waals surface area contributed by atoms with Crippen LogP contribution in [0, 0.1) is 17.8 Å². The van der Waals surface area contributed by atoms with Crippen LogP contribution in [-0.2, 0) is 17.9 Å². The van der Waals surface area contributed by atoms with E-state index in [1.165, 1.54) is 19.3 Å². The molecule has 0 radical (unpaired) electrons. The van der Waals surface area contributed by atoms with E-state index in [1.807, 2.05) is 35.4 Å². The molecule has 2 bridgehead atoms. The summed E-state index contributed by atoms with van der Waals surface area (Å²) in [5, 5.41) is 0. The monoisotopic (exact) mass is 310 g/mol. The first-order chi connectivity index (χ1) is 11.3. The fourth-order valence-corrected chi connectivity index (χ4v) is 4.30. The van der Waals surface area contributed by atoms with Gasteiger partial charge in [-0.1, -0.05) is 12.5 Å². The molecule has 2 aliphatic rings. The van der Waals surface area contributed by atoms with Gasteiger partial charge in [0.25, 0.3) is 0 Å². The summed E-state index contributed by atoms with van der Waals surface area (Å²) in [5.41, 5.74) is 1.07.